The Hall–Kier alpha value is -1.95. The summed E-state index contributed by atoms with van der Waals surface area (Å²) in [7, 11) is 0. The van der Waals surface area contributed by atoms with E-state index < -0.39 is 24.1 Å². The van der Waals surface area contributed by atoms with Crippen molar-refractivity contribution in [2.45, 2.75) is 45.7 Å². The van der Waals surface area contributed by atoms with Crippen LogP contribution < -0.4 is 15.0 Å². The highest BCUT2D eigenvalue weighted by Crippen LogP contribution is 2.35. The van der Waals surface area contributed by atoms with Crippen LogP contribution in [-0.2, 0) is 9.57 Å². The number of hydroxylamine groups is 1. The van der Waals surface area contributed by atoms with Crippen molar-refractivity contribution >= 4 is 6.09 Å². The third-order valence-electron chi connectivity index (χ3n) is 2.45. The third kappa shape index (κ3) is 3.77. The lowest BCUT2D eigenvalue weighted by Crippen LogP contribution is -2.41. The average molecular weight is 281 g/mol. The highest BCUT2D eigenvalue weighted by molar-refractivity contribution is 5.66. The fourth-order valence-electron chi connectivity index (χ4n) is 1.61. The first-order valence-electron chi connectivity index (χ1n) is 6.42. The zero-order valence-corrected chi connectivity index (χ0v) is 12.0. The molecule has 1 amide bonds. The van der Waals surface area contributed by atoms with Gasteiger partial charge >= 0.3 is 6.09 Å². The summed E-state index contributed by atoms with van der Waals surface area (Å²) in [6, 6.07) is 7.33. The van der Waals surface area contributed by atoms with Crippen LogP contribution >= 0.6 is 0 Å². The lowest BCUT2D eigenvalue weighted by molar-refractivity contribution is -0.119. The highest BCUT2D eigenvalue weighted by atomic mass is 16.8. The number of rotatable bonds is 3. The van der Waals surface area contributed by atoms with E-state index in [4.69, 9.17) is 19.0 Å². The van der Waals surface area contributed by atoms with Crippen molar-refractivity contribution in [3.63, 3.8) is 0 Å². The molecule has 0 spiro atoms. The third-order valence-corrected chi connectivity index (χ3v) is 2.45. The Labute approximate surface area is 117 Å². The average Bonchev–Trinajstić information content (AvgIpc) is 2.77. The monoisotopic (exact) mass is 281 g/mol. The van der Waals surface area contributed by atoms with Crippen molar-refractivity contribution in [3.05, 3.63) is 24.3 Å². The molecule has 0 bridgehead atoms. The van der Waals surface area contributed by atoms with Crippen LogP contribution in [0, 0.1) is 0 Å². The van der Waals surface area contributed by atoms with Gasteiger partial charge in [0.05, 0.1) is 0 Å². The van der Waals surface area contributed by atoms with Gasteiger partial charge in [0.1, 0.15) is 5.60 Å². The smallest absolute Gasteiger partial charge is 0.431 e. The predicted molar refractivity (Wildman–Crippen MR) is 71.4 cm³/mol. The van der Waals surface area contributed by atoms with E-state index in [0.29, 0.717) is 11.5 Å². The molecule has 0 aromatic heterocycles. The molecular weight excluding hydrogens is 262 g/mol. The van der Waals surface area contributed by atoms with E-state index >= 15 is 0 Å². The van der Waals surface area contributed by atoms with Crippen LogP contribution in [0.4, 0.5) is 4.79 Å². The first kappa shape index (κ1) is 14.5. The molecule has 6 nitrogen and oxygen atoms in total. The summed E-state index contributed by atoms with van der Waals surface area (Å²) in [5, 5.41) is 0. The van der Waals surface area contributed by atoms with Crippen molar-refractivity contribution in [1.82, 2.24) is 5.48 Å². The predicted octanol–water partition coefficient (Wildman–Crippen LogP) is 2.63. The molecule has 0 fully saturated rings. The summed E-state index contributed by atoms with van der Waals surface area (Å²) in [4.78, 5) is 16.6. The van der Waals surface area contributed by atoms with Crippen LogP contribution in [0.5, 0.6) is 11.5 Å². The number of hydrogen-bond donors (Lipinski definition) is 1. The first-order valence-corrected chi connectivity index (χ1v) is 6.42. The molecule has 1 N–H and O–H groups in total. The summed E-state index contributed by atoms with van der Waals surface area (Å²) in [5.74, 6) is 1.32. The Balaban J connectivity index is 1.80. The largest absolute Gasteiger partial charge is 0.448 e. The number of ether oxygens (including phenoxy) is 3. The summed E-state index contributed by atoms with van der Waals surface area (Å²) < 4.78 is 16.2. The molecule has 1 heterocycles. The number of carbonyl (C=O) groups excluding carboxylic acids is 1. The minimum Gasteiger partial charge on any atom is -0.448 e. The van der Waals surface area contributed by atoms with E-state index in [9.17, 15) is 4.79 Å². The molecule has 2 rings (SSSR count). The molecule has 6 heteroatoms. The Morgan fingerprint density at radius 1 is 1.25 bits per heavy atom. The number of amides is 1. The quantitative estimate of drug-likeness (QED) is 0.863. The molecule has 1 aromatic carbocycles. The van der Waals surface area contributed by atoms with Crippen molar-refractivity contribution < 1.29 is 23.8 Å². The van der Waals surface area contributed by atoms with Gasteiger partial charge in [-0.25, -0.2) is 4.79 Å². The Morgan fingerprint density at radius 2 is 1.80 bits per heavy atom. The van der Waals surface area contributed by atoms with Gasteiger partial charge in [0, 0.05) is 0 Å². The van der Waals surface area contributed by atoms with Crippen LogP contribution in [0.3, 0.4) is 0 Å². The van der Waals surface area contributed by atoms with Gasteiger partial charge in [0.15, 0.2) is 17.6 Å². The van der Waals surface area contributed by atoms with E-state index in [1.165, 1.54) is 0 Å². The van der Waals surface area contributed by atoms with Gasteiger partial charge in [-0.15, -0.1) is 0 Å². The molecule has 0 saturated heterocycles. The summed E-state index contributed by atoms with van der Waals surface area (Å²) in [6.07, 6.45) is -1.75. The van der Waals surface area contributed by atoms with Crippen LogP contribution in [0.1, 0.15) is 27.7 Å². The fourth-order valence-corrected chi connectivity index (χ4v) is 1.61. The van der Waals surface area contributed by atoms with E-state index in [1.807, 2.05) is 24.3 Å². The van der Waals surface area contributed by atoms with Crippen LogP contribution in [0.25, 0.3) is 0 Å². The van der Waals surface area contributed by atoms with Crippen LogP contribution in [0.15, 0.2) is 24.3 Å². The molecular formula is C14H19NO5. The molecule has 0 aliphatic carbocycles. The lowest BCUT2D eigenvalue weighted by atomic mass is 10.2. The van der Waals surface area contributed by atoms with Gasteiger partial charge in [-0.2, -0.15) is 5.48 Å². The molecule has 1 aromatic rings. The number of fused-ring (bicyclic) bond motifs is 1. The molecule has 0 radical (unpaired) electrons. The Kier molecular flexibility index (Phi) is 4.04. The molecule has 1 atom stereocenters. The second-order valence-electron chi connectivity index (χ2n) is 5.48. The van der Waals surface area contributed by atoms with Gasteiger partial charge < -0.3 is 14.2 Å². The highest BCUT2D eigenvalue weighted by Gasteiger charge is 2.30. The topological polar surface area (TPSA) is 66.0 Å². The molecule has 1 unspecified atom stereocenters. The normalized spacial score (nSPS) is 15.8. The van der Waals surface area contributed by atoms with Gasteiger partial charge in [0.25, 0.3) is 6.29 Å². The SMILES string of the molecule is CC(ONC(=O)OC(C)(C)C)C1Oc2ccccc2O1. The van der Waals surface area contributed by atoms with E-state index in [1.54, 1.807) is 27.7 Å². The summed E-state index contributed by atoms with van der Waals surface area (Å²) in [6.45, 7) is 7.05. The van der Waals surface area contributed by atoms with Crippen molar-refractivity contribution in [3.8, 4) is 11.5 Å². The number of benzene rings is 1. The maximum atomic E-state index is 11.5. The molecule has 0 saturated carbocycles. The minimum atomic E-state index is -0.653. The van der Waals surface area contributed by atoms with Gasteiger partial charge in [-0.3, -0.25) is 4.84 Å². The molecule has 1 aliphatic heterocycles. The second kappa shape index (κ2) is 5.58. The van der Waals surface area contributed by atoms with E-state index in [0.717, 1.165) is 0 Å². The van der Waals surface area contributed by atoms with E-state index in [2.05, 4.69) is 5.48 Å². The fraction of sp³-hybridized carbons (Fsp3) is 0.500. The second-order valence-corrected chi connectivity index (χ2v) is 5.48. The zero-order chi connectivity index (χ0) is 14.8. The number of carbonyl (C=O) groups is 1. The Bertz CT molecular complexity index is 458. The first-order chi connectivity index (χ1) is 9.35. The van der Waals surface area contributed by atoms with E-state index in [-0.39, 0.29) is 0 Å². The van der Waals surface area contributed by atoms with Crippen molar-refractivity contribution in [1.29, 1.82) is 0 Å². The molecule has 20 heavy (non-hydrogen) atoms. The number of hydrogen-bond acceptors (Lipinski definition) is 5. The van der Waals surface area contributed by atoms with Crippen molar-refractivity contribution in [2.75, 3.05) is 0 Å². The summed E-state index contributed by atoms with van der Waals surface area (Å²) in [5.41, 5.74) is 1.65. The minimum absolute atomic E-state index is 0.491. The van der Waals surface area contributed by atoms with Crippen LogP contribution in [0.2, 0.25) is 0 Å². The maximum Gasteiger partial charge on any atom is 0.431 e. The molecule has 1 aliphatic rings. The van der Waals surface area contributed by atoms with Gasteiger partial charge in [-0.1, -0.05) is 12.1 Å². The van der Waals surface area contributed by atoms with Crippen LogP contribution in [-0.4, -0.2) is 24.1 Å². The lowest BCUT2D eigenvalue weighted by Gasteiger charge is -2.22. The number of para-hydroxylation sites is 2. The van der Waals surface area contributed by atoms with Gasteiger partial charge in [0.2, 0.25) is 0 Å². The summed E-state index contributed by atoms with van der Waals surface area (Å²) >= 11 is 0. The standard InChI is InChI=1S/C14H19NO5/c1-9(20-15-13(16)19-14(2,3)4)12-17-10-7-5-6-8-11(10)18-12/h5-9,12H,1-4H3,(H,15,16). The maximum absolute atomic E-state index is 11.5. The van der Waals surface area contributed by atoms with Gasteiger partial charge in [-0.05, 0) is 39.8 Å². The number of nitrogens with one attached hydrogen (secondary N) is 1. The van der Waals surface area contributed by atoms with Crippen molar-refractivity contribution in [2.24, 2.45) is 0 Å². The Morgan fingerprint density at radius 3 is 2.30 bits per heavy atom. The zero-order valence-electron chi connectivity index (χ0n) is 12.0. The molecule has 110 valence electrons.